The summed E-state index contributed by atoms with van der Waals surface area (Å²) in [6, 6.07) is 18.6. The number of nitrogens with zero attached hydrogens (tertiary/aromatic N) is 1. The molecule has 2 N–H and O–H groups in total. The van der Waals surface area contributed by atoms with E-state index < -0.39 is 23.7 Å². The van der Waals surface area contributed by atoms with Crippen molar-refractivity contribution in [3.63, 3.8) is 0 Å². The van der Waals surface area contributed by atoms with Crippen molar-refractivity contribution in [2.75, 3.05) is 22.6 Å². The van der Waals surface area contributed by atoms with E-state index in [9.17, 15) is 24.0 Å². The highest BCUT2D eigenvalue weighted by Crippen LogP contribution is 2.31. The minimum absolute atomic E-state index is 0.130. The van der Waals surface area contributed by atoms with Gasteiger partial charge in [0.1, 0.15) is 10.7 Å². The number of benzene rings is 3. The number of esters is 1. The normalized spacial score (nSPS) is 13.0. The van der Waals surface area contributed by atoms with Gasteiger partial charge in [-0.3, -0.25) is 19.2 Å². The molecule has 0 bridgehead atoms. The molecular weight excluding hydrogens is 498 g/mol. The predicted molar refractivity (Wildman–Crippen MR) is 138 cm³/mol. The van der Waals surface area contributed by atoms with Gasteiger partial charge in [-0.2, -0.15) is 0 Å². The molecule has 37 heavy (non-hydrogen) atoms. The molecule has 1 aliphatic heterocycles. The van der Waals surface area contributed by atoms with Crippen molar-refractivity contribution in [2.24, 2.45) is 0 Å². The molecule has 0 fully saturated rings. The van der Waals surface area contributed by atoms with E-state index in [0.29, 0.717) is 16.9 Å². The maximum Gasteiger partial charge on any atom is 0.337 e. The van der Waals surface area contributed by atoms with Gasteiger partial charge in [0.25, 0.3) is 17.7 Å². The number of carbonyl (C=O) groups is 5. The fourth-order valence-electron chi connectivity index (χ4n) is 3.64. The van der Waals surface area contributed by atoms with Crippen molar-refractivity contribution in [2.45, 2.75) is 6.92 Å². The summed E-state index contributed by atoms with van der Waals surface area (Å²) < 4.78 is 4.69. The molecule has 0 saturated heterocycles. The van der Waals surface area contributed by atoms with Crippen LogP contribution in [0, 0.1) is 0 Å². The molecule has 4 rings (SSSR count). The molecule has 0 spiro atoms. The Bertz CT molecular complexity index is 1500. The van der Waals surface area contributed by atoms with Crippen molar-refractivity contribution in [1.82, 2.24) is 0 Å². The zero-order valence-corrected chi connectivity index (χ0v) is 20.5. The molecule has 3 aromatic rings. The maximum absolute atomic E-state index is 13.1. The quantitative estimate of drug-likeness (QED) is 0.271. The predicted octanol–water partition coefficient (Wildman–Crippen LogP) is 4.36. The molecule has 10 heteroatoms. The number of carbonyl (C=O) groups excluding carboxylic acids is 5. The number of imide groups is 1. The first-order valence-corrected chi connectivity index (χ1v) is 11.3. The van der Waals surface area contributed by atoms with Gasteiger partial charge in [0.15, 0.2) is 5.78 Å². The molecule has 0 radical (unpaired) electrons. The lowest BCUT2D eigenvalue weighted by molar-refractivity contribution is -0.120. The smallest absolute Gasteiger partial charge is 0.337 e. The van der Waals surface area contributed by atoms with Crippen LogP contribution in [-0.2, 0) is 14.3 Å². The number of hydrogen-bond donors (Lipinski definition) is 2. The molecule has 3 amide bonds. The van der Waals surface area contributed by atoms with Crippen LogP contribution in [0.5, 0.6) is 0 Å². The van der Waals surface area contributed by atoms with Gasteiger partial charge in [-0.25, -0.2) is 9.69 Å². The monoisotopic (exact) mass is 517 g/mol. The lowest BCUT2D eigenvalue weighted by Gasteiger charge is -2.16. The molecular formula is C27H20ClN3O6. The average molecular weight is 518 g/mol. The fourth-order valence-corrected chi connectivity index (χ4v) is 3.85. The number of anilines is 3. The summed E-state index contributed by atoms with van der Waals surface area (Å²) in [5.41, 5.74) is 1.63. The molecule has 0 saturated carbocycles. The Balaban J connectivity index is 1.54. The number of amides is 3. The van der Waals surface area contributed by atoms with E-state index in [0.717, 1.165) is 4.90 Å². The van der Waals surface area contributed by atoms with Crippen molar-refractivity contribution in [3.05, 3.63) is 100 Å². The first-order valence-electron chi connectivity index (χ1n) is 11.0. The van der Waals surface area contributed by atoms with Gasteiger partial charge in [-0.15, -0.1) is 0 Å². The Morgan fingerprint density at radius 3 is 2.14 bits per heavy atom. The molecule has 9 nitrogen and oxygen atoms in total. The summed E-state index contributed by atoms with van der Waals surface area (Å²) in [6.45, 7) is 1.43. The summed E-state index contributed by atoms with van der Waals surface area (Å²) in [4.78, 5) is 63.0. The van der Waals surface area contributed by atoms with Gasteiger partial charge in [-0.1, -0.05) is 35.9 Å². The second-order valence-electron chi connectivity index (χ2n) is 7.97. The van der Waals surface area contributed by atoms with Crippen molar-refractivity contribution in [1.29, 1.82) is 0 Å². The summed E-state index contributed by atoms with van der Waals surface area (Å²) in [7, 11) is 1.22. The van der Waals surface area contributed by atoms with Crippen molar-refractivity contribution >= 4 is 58.1 Å². The highest BCUT2D eigenvalue weighted by Gasteiger charge is 2.39. The number of halogens is 1. The first kappa shape index (κ1) is 25.3. The van der Waals surface area contributed by atoms with E-state index in [1.165, 1.54) is 44.4 Å². The summed E-state index contributed by atoms with van der Waals surface area (Å²) in [5, 5.41) is 5.20. The third-order valence-corrected chi connectivity index (χ3v) is 5.82. The van der Waals surface area contributed by atoms with E-state index >= 15 is 0 Å². The Labute approximate surface area is 216 Å². The van der Waals surface area contributed by atoms with E-state index in [4.69, 9.17) is 11.6 Å². The van der Waals surface area contributed by atoms with Crippen LogP contribution in [0.25, 0.3) is 0 Å². The summed E-state index contributed by atoms with van der Waals surface area (Å²) in [6.07, 6.45) is 0. The van der Waals surface area contributed by atoms with Gasteiger partial charge in [0, 0.05) is 22.5 Å². The molecule has 1 heterocycles. The Morgan fingerprint density at radius 2 is 1.43 bits per heavy atom. The number of nitrogens with one attached hydrogen (secondary N) is 2. The highest BCUT2D eigenvalue weighted by atomic mass is 35.5. The summed E-state index contributed by atoms with van der Waals surface area (Å²) in [5.74, 6) is -2.70. The molecule has 3 aromatic carbocycles. The zero-order chi connectivity index (χ0) is 26.7. The van der Waals surface area contributed by atoms with E-state index in [-0.39, 0.29) is 33.3 Å². The average Bonchev–Trinajstić information content (AvgIpc) is 3.11. The van der Waals surface area contributed by atoms with Gasteiger partial charge in [-0.05, 0) is 55.5 Å². The van der Waals surface area contributed by atoms with Gasteiger partial charge in [0.2, 0.25) is 0 Å². The second-order valence-corrected chi connectivity index (χ2v) is 8.35. The Kier molecular flexibility index (Phi) is 7.17. The minimum Gasteiger partial charge on any atom is -0.465 e. The molecule has 0 aromatic heterocycles. The van der Waals surface area contributed by atoms with E-state index in [2.05, 4.69) is 15.4 Å². The lowest BCUT2D eigenvalue weighted by Crippen LogP contribution is -2.32. The van der Waals surface area contributed by atoms with Crippen LogP contribution in [0.4, 0.5) is 17.1 Å². The highest BCUT2D eigenvalue weighted by molar-refractivity contribution is 6.53. The zero-order valence-electron chi connectivity index (χ0n) is 19.7. The molecule has 1 aliphatic rings. The van der Waals surface area contributed by atoms with Crippen molar-refractivity contribution < 1.29 is 28.7 Å². The number of methoxy groups -OCH3 is 1. The van der Waals surface area contributed by atoms with Crippen LogP contribution < -0.4 is 15.5 Å². The molecule has 0 unspecified atom stereocenters. The molecule has 0 atom stereocenters. The van der Waals surface area contributed by atoms with Gasteiger partial charge >= 0.3 is 5.97 Å². The Morgan fingerprint density at radius 1 is 0.811 bits per heavy atom. The van der Waals surface area contributed by atoms with Crippen LogP contribution in [0.1, 0.15) is 38.0 Å². The number of ether oxygens (including phenoxy) is 1. The van der Waals surface area contributed by atoms with E-state index in [1.54, 1.807) is 42.5 Å². The Hall–Kier alpha value is -4.76. The third-order valence-electron chi connectivity index (χ3n) is 5.47. The van der Waals surface area contributed by atoms with Crippen molar-refractivity contribution in [3.8, 4) is 0 Å². The number of hydrogen-bond acceptors (Lipinski definition) is 7. The lowest BCUT2D eigenvalue weighted by atomic mass is 10.1. The van der Waals surface area contributed by atoms with Gasteiger partial charge in [0.05, 0.1) is 18.4 Å². The van der Waals surface area contributed by atoms with Crippen LogP contribution in [0.15, 0.2) is 83.5 Å². The van der Waals surface area contributed by atoms with E-state index in [1.807, 2.05) is 0 Å². The van der Waals surface area contributed by atoms with Crippen LogP contribution in [-0.4, -0.2) is 36.6 Å². The number of ketones is 1. The number of Topliss-reactive ketones (excluding diaryl/α,β-unsaturated/α-hetero) is 1. The molecule has 186 valence electrons. The maximum atomic E-state index is 13.1. The standard InChI is InChI=1S/C27H20ClN3O6/c1-15(32)16-6-3-10-20(12-16)30-24(33)17-7-4-9-19(13-17)29-23-22(28)25(34)31(26(23)35)21-11-5-8-18(14-21)27(36)37-2/h3-14,29H,1-2H3,(H,30,33). The number of rotatable bonds is 7. The largest absolute Gasteiger partial charge is 0.465 e. The summed E-state index contributed by atoms with van der Waals surface area (Å²) >= 11 is 6.20. The topological polar surface area (TPSA) is 122 Å². The van der Waals surface area contributed by atoms with Gasteiger partial charge < -0.3 is 15.4 Å². The van der Waals surface area contributed by atoms with Crippen LogP contribution in [0.2, 0.25) is 0 Å². The van der Waals surface area contributed by atoms with Crippen LogP contribution in [0.3, 0.4) is 0 Å². The van der Waals surface area contributed by atoms with Crippen LogP contribution >= 0.6 is 11.6 Å². The fraction of sp³-hybridized carbons (Fsp3) is 0.0741. The SMILES string of the molecule is COC(=O)c1cccc(N2C(=O)C(Cl)=C(Nc3cccc(C(=O)Nc4cccc(C(C)=O)c4)c3)C2=O)c1. The second kappa shape index (κ2) is 10.5. The molecule has 0 aliphatic carbocycles. The third kappa shape index (κ3) is 5.26. The first-order chi connectivity index (χ1) is 17.7. The minimum atomic E-state index is -0.768.